The lowest BCUT2D eigenvalue weighted by atomic mass is 10.3. The maximum absolute atomic E-state index is 11.8. The van der Waals surface area contributed by atoms with E-state index in [9.17, 15) is 4.79 Å². The Kier molecular flexibility index (Phi) is 5.46. The Morgan fingerprint density at radius 3 is 2.14 bits per heavy atom. The zero-order chi connectivity index (χ0) is 15.1. The summed E-state index contributed by atoms with van der Waals surface area (Å²) < 4.78 is 16.0. The molecule has 0 amide bonds. The normalized spacial score (nSPS) is 10.0. The fourth-order valence-corrected chi connectivity index (χ4v) is 1.83. The fourth-order valence-electron chi connectivity index (χ4n) is 1.66. The lowest BCUT2D eigenvalue weighted by Gasteiger charge is -2.11. The van der Waals surface area contributed by atoms with Crippen molar-refractivity contribution in [3.8, 4) is 17.2 Å². The smallest absolute Gasteiger partial charge is 0.349 e. The van der Waals surface area contributed by atoms with Gasteiger partial charge in [-0.15, -0.1) is 0 Å². The monoisotopic (exact) mass is 306 g/mol. The fraction of sp³-hybridized carbons (Fsp3) is 0.188. The van der Waals surface area contributed by atoms with Gasteiger partial charge in [-0.25, -0.2) is 4.79 Å². The van der Waals surface area contributed by atoms with Crippen molar-refractivity contribution in [3.63, 3.8) is 0 Å². The Bertz CT molecular complexity index is 613. The molecule has 110 valence electrons. The number of halogens is 1. The molecule has 0 spiro atoms. The van der Waals surface area contributed by atoms with Gasteiger partial charge in [-0.05, 0) is 31.2 Å². The first kappa shape index (κ1) is 15.2. The highest BCUT2D eigenvalue weighted by atomic mass is 35.5. The molecule has 21 heavy (non-hydrogen) atoms. The van der Waals surface area contributed by atoms with Gasteiger partial charge in [0.25, 0.3) is 0 Å². The number of benzene rings is 2. The van der Waals surface area contributed by atoms with Gasteiger partial charge in [-0.2, -0.15) is 0 Å². The second kappa shape index (κ2) is 7.55. The summed E-state index contributed by atoms with van der Waals surface area (Å²) >= 11 is 5.91. The lowest BCUT2D eigenvalue weighted by molar-refractivity contribution is -0.136. The van der Waals surface area contributed by atoms with Crippen LogP contribution in [0.4, 0.5) is 0 Å². The van der Waals surface area contributed by atoms with E-state index in [4.69, 9.17) is 25.8 Å². The van der Waals surface area contributed by atoms with Crippen LogP contribution >= 0.6 is 11.6 Å². The van der Waals surface area contributed by atoms with Gasteiger partial charge in [-0.3, -0.25) is 0 Å². The third-order valence-corrected chi connectivity index (χ3v) is 2.87. The maximum atomic E-state index is 11.8. The van der Waals surface area contributed by atoms with Gasteiger partial charge < -0.3 is 14.2 Å². The van der Waals surface area contributed by atoms with Crippen LogP contribution in [0.15, 0.2) is 48.5 Å². The van der Waals surface area contributed by atoms with Gasteiger partial charge >= 0.3 is 5.97 Å². The van der Waals surface area contributed by atoms with Crippen molar-refractivity contribution >= 4 is 17.6 Å². The molecule has 0 atom stereocenters. The van der Waals surface area contributed by atoms with Gasteiger partial charge in [-0.1, -0.05) is 35.9 Å². The van der Waals surface area contributed by atoms with Crippen LogP contribution in [0.5, 0.6) is 17.2 Å². The molecular formula is C16H15ClO4. The van der Waals surface area contributed by atoms with Crippen molar-refractivity contribution in [3.05, 3.63) is 53.6 Å². The molecule has 0 N–H and O–H groups in total. The summed E-state index contributed by atoms with van der Waals surface area (Å²) in [6.45, 7) is 2.17. The lowest BCUT2D eigenvalue weighted by Crippen LogP contribution is -2.18. The average molecular weight is 307 g/mol. The summed E-state index contributed by atoms with van der Waals surface area (Å²) in [7, 11) is 0. The first-order chi connectivity index (χ1) is 10.2. The molecule has 2 aromatic carbocycles. The molecule has 2 rings (SSSR count). The van der Waals surface area contributed by atoms with Crippen molar-refractivity contribution < 1.29 is 19.0 Å². The van der Waals surface area contributed by atoms with E-state index in [1.165, 1.54) is 0 Å². The summed E-state index contributed by atoms with van der Waals surface area (Å²) in [6.07, 6.45) is 0. The van der Waals surface area contributed by atoms with Crippen molar-refractivity contribution in [1.82, 2.24) is 0 Å². The molecule has 0 aliphatic heterocycles. The van der Waals surface area contributed by atoms with E-state index in [1.807, 2.05) is 13.0 Å². The quantitative estimate of drug-likeness (QED) is 0.602. The third-order valence-electron chi connectivity index (χ3n) is 2.55. The zero-order valence-corrected chi connectivity index (χ0v) is 12.3. The average Bonchev–Trinajstić information content (AvgIpc) is 2.49. The molecule has 4 nitrogen and oxygen atoms in total. The van der Waals surface area contributed by atoms with E-state index >= 15 is 0 Å². The molecule has 0 bridgehead atoms. The van der Waals surface area contributed by atoms with Crippen LogP contribution in [-0.4, -0.2) is 19.2 Å². The second-order valence-electron chi connectivity index (χ2n) is 4.07. The highest BCUT2D eigenvalue weighted by Gasteiger charge is 2.10. The summed E-state index contributed by atoms with van der Waals surface area (Å²) in [4.78, 5) is 11.8. The molecule has 5 heteroatoms. The number of para-hydroxylation sites is 3. The minimum absolute atomic E-state index is 0.227. The van der Waals surface area contributed by atoms with Crippen LogP contribution in [0.2, 0.25) is 5.02 Å². The summed E-state index contributed by atoms with van der Waals surface area (Å²) in [5.74, 6) is 0.862. The number of hydrogen-bond acceptors (Lipinski definition) is 4. The van der Waals surface area contributed by atoms with E-state index < -0.39 is 5.97 Å². The van der Waals surface area contributed by atoms with Crippen LogP contribution in [0.1, 0.15) is 6.92 Å². The molecule has 0 heterocycles. The van der Waals surface area contributed by atoms with Crippen LogP contribution in [0, 0.1) is 0 Å². The first-order valence-electron chi connectivity index (χ1n) is 6.50. The Labute approximate surface area is 128 Å². The zero-order valence-electron chi connectivity index (χ0n) is 11.5. The topological polar surface area (TPSA) is 44.8 Å². The molecule has 0 aromatic heterocycles. The van der Waals surface area contributed by atoms with Crippen LogP contribution < -0.4 is 14.2 Å². The van der Waals surface area contributed by atoms with E-state index in [-0.39, 0.29) is 6.61 Å². The van der Waals surface area contributed by atoms with Crippen LogP contribution in [0.3, 0.4) is 0 Å². The number of rotatable bonds is 6. The Hall–Kier alpha value is -2.20. The molecule has 0 saturated heterocycles. The predicted octanol–water partition coefficient (Wildman–Crippen LogP) is 3.72. The molecule has 2 aromatic rings. The molecular weight excluding hydrogens is 292 g/mol. The van der Waals surface area contributed by atoms with Crippen molar-refractivity contribution in [2.75, 3.05) is 13.2 Å². The minimum atomic E-state index is -0.533. The molecule has 0 fully saturated rings. The summed E-state index contributed by atoms with van der Waals surface area (Å²) in [5.41, 5.74) is 0. The molecule has 0 saturated carbocycles. The number of ether oxygens (including phenoxy) is 3. The minimum Gasteiger partial charge on any atom is -0.490 e. The second-order valence-corrected chi connectivity index (χ2v) is 4.48. The Balaban J connectivity index is 1.94. The van der Waals surface area contributed by atoms with E-state index in [0.29, 0.717) is 28.9 Å². The molecule has 0 aliphatic rings. The highest BCUT2D eigenvalue weighted by molar-refractivity contribution is 6.32. The van der Waals surface area contributed by atoms with Gasteiger partial charge in [0.1, 0.15) is 5.75 Å². The Morgan fingerprint density at radius 1 is 0.952 bits per heavy atom. The number of esters is 1. The number of carbonyl (C=O) groups excluding carboxylic acids is 1. The van der Waals surface area contributed by atoms with Gasteiger partial charge in [0.2, 0.25) is 0 Å². The van der Waals surface area contributed by atoms with Crippen molar-refractivity contribution in [1.29, 1.82) is 0 Å². The highest BCUT2D eigenvalue weighted by Crippen LogP contribution is 2.27. The van der Waals surface area contributed by atoms with E-state index in [0.717, 1.165) is 0 Å². The van der Waals surface area contributed by atoms with E-state index in [2.05, 4.69) is 0 Å². The van der Waals surface area contributed by atoms with Gasteiger partial charge in [0.05, 0.1) is 11.6 Å². The largest absolute Gasteiger partial charge is 0.490 e. The van der Waals surface area contributed by atoms with Gasteiger partial charge in [0.15, 0.2) is 18.1 Å². The van der Waals surface area contributed by atoms with Crippen molar-refractivity contribution in [2.45, 2.75) is 6.92 Å². The third kappa shape index (κ3) is 4.39. The molecule has 0 aliphatic carbocycles. The number of hydrogen-bond donors (Lipinski definition) is 0. The summed E-state index contributed by atoms with van der Waals surface area (Å²) in [5, 5.41) is 0.376. The standard InChI is InChI=1S/C16H15ClO4/c1-2-19-14-9-5-6-10-15(14)20-11-16(18)21-13-8-4-3-7-12(13)17/h3-10H,2,11H2,1H3. The maximum Gasteiger partial charge on any atom is 0.349 e. The van der Waals surface area contributed by atoms with Gasteiger partial charge in [0, 0.05) is 0 Å². The molecule has 0 unspecified atom stereocenters. The number of carbonyl (C=O) groups is 1. The summed E-state index contributed by atoms with van der Waals surface area (Å²) in [6, 6.07) is 13.9. The van der Waals surface area contributed by atoms with Crippen LogP contribution in [-0.2, 0) is 4.79 Å². The predicted molar refractivity (Wildman–Crippen MR) is 80.2 cm³/mol. The molecule has 0 radical (unpaired) electrons. The van der Waals surface area contributed by atoms with Crippen molar-refractivity contribution in [2.24, 2.45) is 0 Å². The Morgan fingerprint density at radius 2 is 1.52 bits per heavy atom. The van der Waals surface area contributed by atoms with Crippen LogP contribution in [0.25, 0.3) is 0 Å². The van der Waals surface area contributed by atoms with E-state index in [1.54, 1.807) is 42.5 Å². The first-order valence-corrected chi connectivity index (χ1v) is 6.88. The SMILES string of the molecule is CCOc1ccccc1OCC(=O)Oc1ccccc1Cl.